The van der Waals surface area contributed by atoms with Gasteiger partial charge in [-0.05, 0) is 49.5 Å². The molecule has 1 saturated carbocycles. The van der Waals surface area contributed by atoms with Gasteiger partial charge in [-0.1, -0.05) is 27.2 Å². The molecular formula is C15H29NO2S. The van der Waals surface area contributed by atoms with E-state index in [9.17, 15) is 8.42 Å². The molecule has 2 rings (SSSR count). The summed E-state index contributed by atoms with van der Waals surface area (Å²) in [6, 6.07) is 0.590. The zero-order valence-corrected chi connectivity index (χ0v) is 13.4. The van der Waals surface area contributed by atoms with E-state index in [1.54, 1.807) is 0 Å². The minimum atomic E-state index is -2.73. The molecule has 0 aromatic heterocycles. The van der Waals surface area contributed by atoms with Gasteiger partial charge in [0.05, 0.1) is 11.5 Å². The summed E-state index contributed by atoms with van der Waals surface area (Å²) in [6.07, 6.45) is 4.77. The lowest BCUT2D eigenvalue weighted by Gasteiger charge is -2.38. The highest BCUT2D eigenvalue weighted by molar-refractivity contribution is 7.91. The number of rotatable bonds is 4. The zero-order chi connectivity index (χ0) is 14.0. The van der Waals surface area contributed by atoms with Crippen LogP contribution < -0.4 is 5.32 Å². The highest BCUT2D eigenvalue weighted by Crippen LogP contribution is 2.33. The fourth-order valence-electron chi connectivity index (χ4n) is 3.79. The van der Waals surface area contributed by atoms with Crippen LogP contribution in [0.15, 0.2) is 0 Å². The van der Waals surface area contributed by atoms with E-state index in [-0.39, 0.29) is 0 Å². The van der Waals surface area contributed by atoms with E-state index in [1.807, 2.05) is 0 Å². The third kappa shape index (κ3) is 4.19. The lowest BCUT2D eigenvalue weighted by Crippen LogP contribution is -2.44. The molecule has 1 N–H and O–H groups in total. The highest BCUT2D eigenvalue weighted by atomic mass is 32.2. The maximum absolute atomic E-state index is 11.5. The van der Waals surface area contributed by atoms with Crippen LogP contribution in [0.5, 0.6) is 0 Å². The van der Waals surface area contributed by atoms with Crippen molar-refractivity contribution in [2.24, 2.45) is 23.7 Å². The Bertz CT molecular complexity index is 391. The molecule has 4 unspecified atom stereocenters. The van der Waals surface area contributed by atoms with Gasteiger partial charge < -0.3 is 5.32 Å². The molecule has 0 aromatic rings. The van der Waals surface area contributed by atoms with Crippen LogP contribution in [0.1, 0.15) is 46.5 Å². The first-order chi connectivity index (χ1) is 8.87. The van der Waals surface area contributed by atoms with Crippen molar-refractivity contribution >= 4 is 9.84 Å². The van der Waals surface area contributed by atoms with E-state index in [0.29, 0.717) is 23.5 Å². The number of hydrogen-bond donors (Lipinski definition) is 1. The topological polar surface area (TPSA) is 46.2 Å². The summed E-state index contributed by atoms with van der Waals surface area (Å²) in [5.41, 5.74) is 0. The molecule has 0 aromatic carbocycles. The first-order valence-corrected chi connectivity index (χ1v) is 9.63. The average Bonchev–Trinajstić information content (AvgIpc) is 2.66. The molecular weight excluding hydrogens is 258 g/mol. The largest absolute Gasteiger partial charge is 0.313 e. The predicted molar refractivity (Wildman–Crippen MR) is 79.9 cm³/mol. The Kier molecular flexibility index (Phi) is 4.93. The molecule has 4 heteroatoms. The summed E-state index contributed by atoms with van der Waals surface area (Å²) >= 11 is 0. The van der Waals surface area contributed by atoms with Crippen molar-refractivity contribution in [3.05, 3.63) is 0 Å². The molecule has 2 fully saturated rings. The Morgan fingerprint density at radius 2 is 1.95 bits per heavy atom. The second kappa shape index (κ2) is 6.13. The average molecular weight is 287 g/mol. The minimum absolute atomic E-state index is 0.343. The second-order valence-corrected chi connectivity index (χ2v) is 9.34. The molecule has 0 radical (unpaired) electrons. The molecule has 1 aliphatic heterocycles. The number of nitrogens with one attached hydrogen (secondary N) is 1. The van der Waals surface area contributed by atoms with Gasteiger partial charge in [0, 0.05) is 6.04 Å². The van der Waals surface area contributed by atoms with Crippen LogP contribution in [-0.2, 0) is 9.84 Å². The lowest BCUT2D eigenvalue weighted by atomic mass is 9.74. The standard InChI is InChI=1S/C15H29NO2S/c1-11(2)14-5-4-12(3)8-15(14)16-9-13-6-7-19(17,18)10-13/h11-16H,4-10H2,1-3H3. The minimum Gasteiger partial charge on any atom is -0.313 e. The van der Waals surface area contributed by atoms with Gasteiger partial charge in [0.1, 0.15) is 0 Å². The van der Waals surface area contributed by atoms with Crippen molar-refractivity contribution in [1.29, 1.82) is 0 Å². The fourth-order valence-corrected chi connectivity index (χ4v) is 5.65. The smallest absolute Gasteiger partial charge is 0.150 e. The van der Waals surface area contributed by atoms with Crippen LogP contribution in [-0.4, -0.2) is 32.5 Å². The normalized spacial score (nSPS) is 38.7. The molecule has 19 heavy (non-hydrogen) atoms. The van der Waals surface area contributed by atoms with Crippen LogP contribution in [0.25, 0.3) is 0 Å². The summed E-state index contributed by atoms with van der Waals surface area (Å²) in [5, 5.41) is 3.70. The van der Waals surface area contributed by atoms with Crippen molar-refractivity contribution in [2.45, 2.75) is 52.5 Å². The summed E-state index contributed by atoms with van der Waals surface area (Å²) in [5.74, 6) is 3.42. The van der Waals surface area contributed by atoms with Gasteiger partial charge in [-0.15, -0.1) is 0 Å². The van der Waals surface area contributed by atoms with Gasteiger partial charge in [-0.25, -0.2) is 8.42 Å². The summed E-state index contributed by atoms with van der Waals surface area (Å²) in [4.78, 5) is 0. The second-order valence-electron chi connectivity index (χ2n) is 7.11. The van der Waals surface area contributed by atoms with E-state index < -0.39 is 9.84 Å². The Morgan fingerprint density at radius 1 is 1.21 bits per heavy atom. The number of hydrogen-bond acceptors (Lipinski definition) is 3. The van der Waals surface area contributed by atoms with Crippen molar-refractivity contribution in [3.63, 3.8) is 0 Å². The van der Waals surface area contributed by atoms with Crippen molar-refractivity contribution in [3.8, 4) is 0 Å². The van der Waals surface area contributed by atoms with Gasteiger partial charge >= 0.3 is 0 Å². The SMILES string of the molecule is CC1CCC(C(C)C)C(NCC2CCS(=O)(=O)C2)C1. The molecule has 0 amide bonds. The van der Waals surface area contributed by atoms with Gasteiger partial charge in [0.2, 0.25) is 0 Å². The molecule has 0 bridgehead atoms. The van der Waals surface area contributed by atoms with E-state index in [4.69, 9.17) is 0 Å². The quantitative estimate of drug-likeness (QED) is 0.864. The van der Waals surface area contributed by atoms with Crippen LogP contribution in [0, 0.1) is 23.7 Å². The number of sulfone groups is 1. The third-order valence-electron chi connectivity index (χ3n) is 5.02. The molecule has 112 valence electrons. The lowest BCUT2D eigenvalue weighted by molar-refractivity contribution is 0.166. The van der Waals surface area contributed by atoms with Crippen molar-refractivity contribution < 1.29 is 8.42 Å². The molecule has 1 saturated heterocycles. The van der Waals surface area contributed by atoms with Crippen LogP contribution in [0.4, 0.5) is 0 Å². The first-order valence-electron chi connectivity index (χ1n) is 7.81. The van der Waals surface area contributed by atoms with Crippen molar-refractivity contribution in [2.75, 3.05) is 18.1 Å². The molecule has 1 heterocycles. The van der Waals surface area contributed by atoms with Gasteiger partial charge in [0.15, 0.2) is 9.84 Å². The monoisotopic (exact) mass is 287 g/mol. The third-order valence-corrected chi connectivity index (χ3v) is 6.85. The predicted octanol–water partition coefficient (Wildman–Crippen LogP) is 2.47. The Hall–Kier alpha value is -0.0900. The van der Waals surface area contributed by atoms with Gasteiger partial charge in [-0.3, -0.25) is 0 Å². The molecule has 1 aliphatic carbocycles. The van der Waals surface area contributed by atoms with E-state index in [0.717, 1.165) is 30.7 Å². The summed E-state index contributed by atoms with van der Waals surface area (Å²) < 4.78 is 23.0. The van der Waals surface area contributed by atoms with Gasteiger partial charge in [0.25, 0.3) is 0 Å². The fraction of sp³-hybridized carbons (Fsp3) is 1.00. The maximum Gasteiger partial charge on any atom is 0.150 e. The van der Waals surface area contributed by atoms with E-state index >= 15 is 0 Å². The summed E-state index contributed by atoms with van der Waals surface area (Å²) in [6.45, 7) is 7.86. The Morgan fingerprint density at radius 3 is 2.53 bits per heavy atom. The van der Waals surface area contributed by atoms with Crippen LogP contribution in [0.3, 0.4) is 0 Å². The Labute approximate surface area is 118 Å². The zero-order valence-electron chi connectivity index (χ0n) is 12.6. The first kappa shape index (κ1) is 15.3. The van der Waals surface area contributed by atoms with E-state index in [2.05, 4.69) is 26.1 Å². The molecule has 0 spiro atoms. The van der Waals surface area contributed by atoms with Crippen LogP contribution in [0.2, 0.25) is 0 Å². The van der Waals surface area contributed by atoms with Crippen molar-refractivity contribution in [1.82, 2.24) is 5.32 Å². The maximum atomic E-state index is 11.5. The molecule has 4 atom stereocenters. The van der Waals surface area contributed by atoms with Gasteiger partial charge in [-0.2, -0.15) is 0 Å². The van der Waals surface area contributed by atoms with E-state index in [1.165, 1.54) is 19.3 Å². The highest BCUT2D eigenvalue weighted by Gasteiger charge is 2.32. The molecule has 3 nitrogen and oxygen atoms in total. The Balaban J connectivity index is 1.86. The summed E-state index contributed by atoms with van der Waals surface area (Å²) in [7, 11) is -2.73. The molecule has 2 aliphatic rings. The van der Waals surface area contributed by atoms with Crippen LogP contribution >= 0.6 is 0 Å².